The van der Waals surface area contributed by atoms with Crippen LogP contribution in [-0.4, -0.2) is 39.5 Å². The summed E-state index contributed by atoms with van der Waals surface area (Å²) in [6.45, 7) is 3.96. The molecule has 2 aromatic rings. The Labute approximate surface area is 153 Å². The average Bonchev–Trinajstić information content (AvgIpc) is 2.95. The summed E-state index contributed by atoms with van der Waals surface area (Å²) in [5, 5.41) is 9.54. The first-order valence-corrected chi connectivity index (χ1v) is 9.20. The van der Waals surface area contributed by atoms with Crippen LogP contribution in [0.4, 0.5) is 0 Å². The topological polar surface area (TPSA) is 99.8 Å². The Hall–Kier alpha value is -1.97. The fourth-order valence-corrected chi connectivity index (χ4v) is 4.38. The Morgan fingerprint density at radius 2 is 2.08 bits per heavy atom. The predicted molar refractivity (Wildman–Crippen MR) is 96.6 cm³/mol. The number of hydrogen-bond acceptors (Lipinski definition) is 7. The van der Waals surface area contributed by atoms with Crippen LogP contribution in [0.25, 0.3) is 10.2 Å². The highest BCUT2D eigenvalue weighted by atomic mass is 32.1. The van der Waals surface area contributed by atoms with Crippen molar-refractivity contribution in [3.05, 3.63) is 31.3 Å². The molecule has 3 heterocycles. The third kappa shape index (κ3) is 3.22. The lowest BCUT2D eigenvalue weighted by atomic mass is 9.94. The van der Waals surface area contributed by atoms with Gasteiger partial charge in [0.2, 0.25) is 0 Å². The van der Waals surface area contributed by atoms with Gasteiger partial charge in [-0.1, -0.05) is 0 Å². The molecule has 0 radical (unpaired) electrons. The largest absolute Gasteiger partial charge is 0.468 e. The Morgan fingerprint density at radius 3 is 2.73 bits per heavy atom. The Bertz CT molecular complexity index is 968. The molecule has 1 aliphatic rings. The average molecular weight is 382 g/mol. The number of rotatable bonds is 5. The molecule has 142 valence electrons. The highest BCUT2D eigenvalue weighted by Crippen LogP contribution is 2.37. The molecule has 0 fully saturated rings. The number of aliphatic hydroxyl groups is 1. The maximum absolute atomic E-state index is 13.0. The minimum absolute atomic E-state index is 0.0930. The third-order valence-corrected chi connectivity index (χ3v) is 5.72. The van der Waals surface area contributed by atoms with Gasteiger partial charge >= 0.3 is 11.7 Å². The van der Waals surface area contributed by atoms with Crippen molar-refractivity contribution in [1.82, 2.24) is 9.13 Å². The lowest BCUT2D eigenvalue weighted by Crippen LogP contribution is -2.41. The van der Waals surface area contributed by atoms with E-state index >= 15 is 0 Å². The first-order valence-electron chi connectivity index (χ1n) is 8.38. The van der Waals surface area contributed by atoms with Crippen LogP contribution in [0, 0.1) is 0 Å². The summed E-state index contributed by atoms with van der Waals surface area (Å²) in [5.41, 5.74) is -0.482. The molecule has 0 unspecified atom stereocenters. The fourth-order valence-electron chi connectivity index (χ4n) is 3.16. The monoisotopic (exact) mass is 382 g/mol. The lowest BCUT2D eigenvalue weighted by Gasteiger charge is -2.29. The summed E-state index contributed by atoms with van der Waals surface area (Å²) in [6, 6.07) is 0. The summed E-state index contributed by atoms with van der Waals surface area (Å²) in [4.78, 5) is 39.0. The lowest BCUT2D eigenvalue weighted by molar-refractivity contribution is -0.141. The molecule has 0 amide bonds. The molecule has 0 spiro atoms. The van der Waals surface area contributed by atoms with E-state index in [2.05, 4.69) is 0 Å². The molecule has 3 rings (SSSR count). The fraction of sp³-hybridized carbons (Fsp3) is 0.588. The van der Waals surface area contributed by atoms with Crippen molar-refractivity contribution in [2.45, 2.75) is 52.0 Å². The van der Waals surface area contributed by atoms with Gasteiger partial charge in [-0.25, -0.2) is 4.79 Å². The van der Waals surface area contributed by atoms with Crippen LogP contribution < -0.4 is 11.2 Å². The van der Waals surface area contributed by atoms with Crippen LogP contribution in [0.5, 0.6) is 0 Å². The zero-order valence-electron chi connectivity index (χ0n) is 15.0. The molecule has 0 saturated heterocycles. The molecule has 1 N–H and O–H groups in total. The van der Waals surface area contributed by atoms with Crippen LogP contribution in [0.2, 0.25) is 0 Å². The predicted octanol–water partition coefficient (Wildman–Crippen LogP) is 0.631. The van der Waals surface area contributed by atoms with Crippen LogP contribution in [0.3, 0.4) is 0 Å². The molecular weight excluding hydrogens is 360 g/mol. The number of aliphatic hydroxyl groups excluding tert-OH is 1. The standard InChI is InChI=1S/C17H22N2O6S/c1-17(2)7-10-11(9-25-17)26-15-13(10)14(22)18(5-4-6-20)16(23)19(15)8-12(21)24-3/h20H,4-9H2,1-3H3. The summed E-state index contributed by atoms with van der Waals surface area (Å²) in [6.07, 6.45) is 0.827. The van der Waals surface area contributed by atoms with Crippen molar-refractivity contribution in [1.29, 1.82) is 0 Å². The summed E-state index contributed by atoms with van der Waals surface area (Å²) in [7, 11) is 1.25. The first kappa shape index (κ1) is 18.8. The smallest absolute Gasteiger partial charge is 0.332 e. The number of nitrogens with zero attached hydrogens (tertiary/aromatic N) is 2. The van der Waals surface area contributed by atoms with Gasteiger partial charge in [-0.2, -0.15) is 0 Å². The molecular formula is C17H22N2O6S. The van der Waals surface area contributed by atoms with Crippen molar-refractivity contribution >= 4 is 27.5 Å². The number of carbonyl (C=O) groups excluding carboxylic acids is 1. The van der Waals surface area contributed by atoms with Crippen molar-refractivity contribution in [2.75, 3.05) is 13.7 Å². The molecule has 0 aromatic carbocycles. The van der Waals surface area contributed by atoms with Crippen molar-refractivity contribution in [3.63, 3.8) is 0 Å². The number of ether oxygens (including phenoxy) is 2. The van der Waals surface area contributed by atoms with Gasteiger partial charge in [-0.3, -0.25) is 18.7 Å². The molecule has 8 nitrogen and oxygen atoms in total. The van der Waals surface area contributed by atoms with Crippen molar-refractivity contribution < 1.29 is 19.4 Å². The zero-order valence-corrected chi connectivity index (χ0v) is 15.9. The minimum atomic E-state index is -0.569. The van der Waals surface area contributed by atoms with E-state index in [4.69, 9.17) is 14.6 Å². The first-order chi connectivity index (χ1) is 12.3. The molecule has 1 aliphatic heterocycles. The second kappa shape index (κ2) is 6.98. The van der Waals surface area contributed by atoms with Crippen LogP contribution in [0.1, 0.15) is 30.7 Å². The quantitative estimate of drug-likeness (QED) is 0.762. The maximum Gasteiger partial charge on any atom is 0.332 e. The highest BCUT2D eigenvalue weighted by Gasteiger charge is 2.32. The Morgan fingerprint density at radius 1 is 1.35 bits per heavy atom. The van der Waals surface area contributed by atoms with Crippen LogP contribution >= 0.6 is 11.3 Å². The molecule has 0 atom stereocenters. The van der Waals surface area contributed by atoms with Crippen LogP contribution in [-0.2, 0) is 40.4 Å². The van der Waals surface area contributed by atoms with E-state index in [0.717, 1.165) is 15.0 Å². The van der Waals surface area contributed by atoms with Gasteiger partial charge in [0.05, 0.1) is 24.7 Å². The highest BCUT2D eigenvalue weighted by molar-refractivity contribution is 7.18. The van der Waals surface area contributed by atoms with Gasteiger partial charge in [0.1, 0.15) is 11.4 Å². The number of fused-ring (bicyclic) bond motifs is 3. The van der Waals surface area contributed by atoms with E-state index < -0.39 is 17.3 Å². The minimum Gasteiger partial charge on any atom is -0.468 e. The molecule has 0 aliphatic carbocycles. The molecule has 2 aromatic heterocycles. The van der Waals surface area contributed by atoms with E-state index in [1.165, 1.54) is 23.0 Å². The van der Waals surface area contributed by atoms with Gasteiger partial charge in [-0.05, 0) is 25.8 Å². The molecule has 0 bridgehead atoms. The van der Waals surface area contributed by atoms with Gasteiger partial charge in [0, 0.05) is 24.4 Å². The molecule has 26 heavy (non-hydrogen) atoms. The Balaban J connectivity index is 2.31. The second-order valence-corrected chi connectivity index (χ2v) is 7.97. The summed E-state index contributed by atoms with van der Waals surface area (Å²) in [5.74, 6) is -0.566. The van der Waals surface area contributed by atoms with Crippen molar-refractivity contribution in [2.24, 2.45) is 0 Å². The number of methoxy groups -OCH3 is 1. The van der Waals surface area contributed by atoms with E-state index in [0.29, 0.717) is 23.2 Å². The van der Waals surface area contributed by atoms with Gasteiger partial charge in [0.25, 0.3) is 5.56 Å². The van der Waals surface area contributed by atoms with E-state index in [-0.39, 0.29) is 31.7 Å². The van der Waals surface area contributed by atoms with E-state index in [9.17, 15) is 14.4 Å². The Kier molecular flexibility index (Phi) is 5.05. The third-order valence-electron chi connectivity index (χ3n) is 4.49. The van der Waals surface area contributed by atoms with Gasteiger partial charge < -0.3 is 14.6 Å². The number of thiophene rings is 1. The number of aromatic nitrogens is 2. The molecule has 9 heteroatoms. The number of hydrogen-bond donors (Lipinski definition) is 1. The summed E-state index contributed by atoms with van der Waals surface area (Å²) >= 11 is 1.31. The van der Waals surface area contributed by atoms with Crippen molar-refractivity contribution in [3.8, 4) is 0 Å². The summed E-state index contributed by atoms with van der Waals surface area (Å²) < 4.78 is 12.9. The maximum atomic E-state index is 13.0. The molecule has 0 saturated carbocycles. The second-order valence-electron chi connectivity index (χ2n) is 6.89. The number of carbonyl (C=O) groups is 1. The van der Waals surface area contributed by atoms with E-state index in [1.807, 2.05) is 13.8 Å². The normalized spacial score (nSPS) is 15.8. The van der Waals surface area contributed by atoms with E-state index in [1.54, 1.807) is 0 Å². The SMILES string of the molecule is COC(=O)Cn1c(=O)n(CCCO)c(=O)c2c3c(sc21)COC(C)(C)C3. The van der Waals surface area contributed by atoms with Crippen LogP contribution in [0.15, 0.2) is 9.59 Å². The zero-order chi connectivity index (χ0) is 19.1. The van der Waals surface area contributed by atoms with Gasteiger partial charge in [-0.15, -0.1) is 11.3 Å². The van der Waals surface area contributed by atoms with Gasteiger partial charge in [0.15, 0.2) is 0 Å². The number of esters is 1.